The van der Waals surface area contributed by atoms with Crippen LogP contribution in [0.15, 0.2) is 24.3 Å². The van der Waals surface area contributed by atoms with Crippen LogP contribution < -0.4 is 20.1 Å². The fourth-order valence-electron chi connectivity index (χ4n) is 1.86. The molecule has 0 aliphatic heterocycles. The van der Waals surface area contributed by atoms with Crippen LogP contribution in [0.1, 0.15) is 25.8 Å². The van der Waals surface area contributed by atoms with Crippen molar-refractivity contribution in [2.45, 2.75) is 26.3 Å². The van der Waals surface area contributed by atoms with Crippen LogP contribution in [-0.2, 0) is 9.59 Å². The molecular formula is C17H24N2O4. The Morgan fingerprint density at radius 1 is 1.22 bits per heavy atom. The maximum Gasteiger partial charge on any atom is 0.244 e. The third-order valence-corrected chi connectivity index (χ3v) is 3.14. The fraction of sp³-hybridized carbons (Fsp3) is 0.412. The molecule has 1 rings (SSSR count). The molecular weight excluding hydrogens is 296 g/mol. The summed E-state index contributed by atoms with van der Waals surface area (Å²) in [5.41, 5.74) is 0.792. The highest BCUT2D eigenvalue weighted by Gasteiger charge is 2.13. The normalized spacial score (nSPS) is 11.8. The van der Waals surface area contributed by atoms with Crippen LogP contribution in [0, 0.1) is 0 Å². The Morgan fingerprint density at radius 3 is 2.52 bits per heavy atom. The molecule has 6 nitrogen and oxygen atoms in total. The van der Waals surface area contributed by atoms with Gasteiger partial charge in [-0.25, -0.2) is 0 Å². The Kier molecular flexibility index (Phi) is 7.66. The summed E-state index contributed by atoms with van der Waals surface area (Å²) < 4.78 is 10.4. The molecule has 2 N–H and O–H groups in total. The molecule has 0 saturated heterocycles. The molecule has 0 aliphatic carbocycles. The molecule has 0 saturated carbocycles. The summed E-state index contributed by atoms with van der Waals surface area (Å²) in [6.07, 6.45) is 3.88. The average molecular weight is 320 g/mol. The predicted octanol–water partition coefficient (Wildman–Crippen LogP) is 1.75. The molecule has 6 heteroatoms. The maximum atomic E-state index is 11.8. The molecule has 0 aliphatic rings. The van der Waals surface area contributed by atoms with E-state index in [-0.39, 0.29) is 11.8 Å². The highest BCUT2D eigenvalue weighted by atomic mass is 16.5. The molecule has 0 bridgehead atoms. The Hall–Kier alpha value is -2.50. The standard InChI is InChI=1S/C17H24N2O4/c1-5-10-18-17(21)12(2)19-16(20)9-7-13-6-8-14(22-3)15(11-13)23-4/h6-9,11-12H,5,10H2,1-4H3,(H,18,21)(H,19,20)/b9-7+/t12-/m1/s1. The van der Waals surface area contributed by atoms with E-state index >= 15 is 0 Å². The lowest BCUT2D eigenvalue weighted by molar-refractivity contribution is -0.126. The average Bonchev–Trinajstić information content (AvgIpc) is 2.57. The summed E-state index contributed by atoms with van der Waals surface area (Å²) in [5, 5.41) is 5.35. The van der Waals surface area contributed by atoms with Crippen molar-refractivity contribution in [2.75, 3.05) is 20.8 Å². The van der Waals surface area contributed by atoms with E-state index in [0.717, 1.165) is 12.0 Å². The van der Waals surface area contributed by atoms with Crippen LogP contribution in [0.2, 0.25) is 0 Å². The largest absolute Gasteiger partial charge is 0.493 e. The van der Waals surface area contributed by atoms with Gasteiger partial charge in [-0.15, -0.1) is 0 Å². The molecule has 0 heterocycles. The second-order valence-corrected chi connectivity index (χ2v) is 4.97. The lowest BCUT2D eigenvalue weighted by Gasteiger charge is -2.12. The molecule has 1 atom stereocenters. The first kappa shape index (κ1) is 18.5. The molecule has 1 aromatic carbocycles. The number of ether oxygens (including phenoxy) is 2. The first-order valence-corrected chi connectivity index (χ1v) is 7.50. The van der Waals surface area contributed by atoms with Gasteiger partial charge in [0.2, 0.25) is 11.8 Å². The van der Waals surface area contributed by atoms with E-state index < -0.39 is 6.04 Å². The van der Waals surface area contributed by atoms with Crippen LogP contribution in [-0.4, -0.2) is 38.6 Å². The predicted molar refractivity (Wildman–Crippen MR) is 89.5 cm³/mol. The molecule has 2 amide bonds. The smallest absolute Gasteiger partial charge is 0.244 e. The van der Waals surface area contributed by atoms with Crippen molar-refractivity contribution in [3.63, 3.8) is 0 Å². The van der Waals surface area contributed by atoms with E-state index in [9.17, 15) is 9.59 Å². The number of benzene rings is 1. The lowest BCUT2D eigenvalue weighted by Crippen LogP contribution is -2.44. The Morgan fingerprint density at radius 2 is 1.91 bits per heavy atom. The van der Waals surface area contributed by atoms with Gasteiger partial charge in [-0.05, 0) is 37.1 Å². The SMILES string of the molecule is CCCNC(=O)[C@@H](C)NC(=O)/C=C/c1ccc(OC)c(OC)c1. The van der Waals surface area contributed by atoms with Gasteiger partial charge in [-0.1, -0.05) is 13.0 Å². The molecule has 23 heavy (non-hydrogen) atoms. The number of hydrogen-bond acceptors (Lipinski definition) is 4. The number of rotatable bonds is 8. The van der Waals surface area contributed by atoms with Gasteiger partial charge < -0.3 is 20.1 Å². The number of methoxy groups -OCH3 is 2. The first-order chi connectivity index (χ1) is 11.0. The minimum absolute atomic E-state index is 0.195. The number of carbonyl (C=O) groups excluding carboxylic acids is 2. The Bertz CT molecular complexity index is 570. The lowest BCUT2D eigenvalue weighted by atomic mass is 10.2. The second-order valence-electron chi connectivity index (χ2n) is 4.97. The number of nitrogens with one attached hydrogen (secondary N) is 2. The van der Waals surface area contributed by atoms with E-state index in [4.69, 9.17) is 9.47 Å². The summed E-state index contributed by atoms with van der Waals surface area (Å²) in [6.45, 7) is 4.21. The van der Waals surface area contributed by atoms with Crippen LogP contribution in [0.5, 0.6) is 11.5 Å². The highest BCUT2D eigenvalue weighted by molar-refractivity contribution is 5.95. The summed E-state index contributed by atoms with van der Waals surface area (Å²) in [6, 6.07) is 4.75. The van der Waals surface area contributed by atoms with E-state index in [2.05, 4.69) is 10.6 Å². The third kappa shape index (κ3) is 6.02. The van der Waals surface area contributed by atoms with Gasteiger partial charge in [0.05, 0.1) is 14.2 Å². The van der Waals surface area contributed by atoms with Crippen molar-refractivity contribution < 1.29 is 19.1 Å². The van der Waals surface area contributed by atoms with Gasteiger partial charge in [-0.2, -0.15) is 0 Å². The highest BCUT2D eigenvalue weighted by Crippen LogP contribution is 2.27. The third-order valence-electron chi connectivity index (χ3n) is 3.14. The summed E-state index contributed by atoms with van der Waals surface area (Å²) in [4.78, 5) is 23.5. The molecule has 1 aromatic rings. The van der Waals surface area contributed by atoms with Crippen LogP contribution in [0.4, 0.5) is 0 Å². The van der Waals surface area contributed by atoms with Gasteiger partial charge >= 0.3 is 0 Å². The van der Waals surface area contributed by atoms with Gasteiger partial charge in [0.1, 0.15) is 6.04 Å². The van der Waals surface area contributed by atoms with Gasteiger partial charge in [0.25, 0.3) is 0 Å². The van der Waals surface area contributed by atoms with Gasteiger partial charge in [0.15, 0.2) is 11.5 Å². The molecule has 0 spiro atoms. The van der Waals surface area contributed by atoms with E-state index in [1.807, 2.05) is 13.0 Å². The molecule has 0 fully saturated rings. The quantitative estimate of drug-likeness (QED) is 0.716. The Labute approximate surface area is 136 Å². The monoisotopic (exact) mass is 320 g/mol. The molecule has 126 valence electrons. The minimum Gasteiger partial charge on any atom is -0.493 e. The Balaban J connectivity index is 2.63. The fourth-order valence-corrected chi connectivity index (χ4v) is 1.86. The topological polar surface area (TPSA) is 76.7 Å². The second kappa shape index (κ2) is 9.50. The zero-order chi connectivity index (χ0) is 17.2. The van der Waals surface area contributed by atoms with Gasteiger partial charge in [-0.3, -0.25) is 9.59 Å². The minimum atomic E-state index is -0.580. The van der Waals surface area contributed by atoms with Crippen LogP contribution >= 0.6 is 0 Å². The van der Waals surface area contributed by atoms with Crippen LogP contribution in [0.3, 0.4) is 0 Å². The van der Waals surface area contributed by atoms with Crippen molar-refractivity contribution in [3.05, 3.63) is 29.8 Å². The van der Waals surface area contributed by atoms with Crippen molar-refractivity contribution >= 4 is 17.9 Å². The van der Waals surface area contributed by atoms with Crippen molar-refractivity contribution in [2.24, 2.45) is 0 Å². The zero-order valence-corrected chi connectivity index (χ0v) is 14.0. The molecule has 0 radical (unpaired) electrons. The van der Waals surface area contributed by atoms with Crippen LogP contribution in [0.25, 0.3) is 6.08 Å². The van der Waals surface area contributed by atoms with Crippen molar-refractivity contribution in [1.82, 2.24) is 10.6 Å². The number of carbonyl (C=O) groups is 2. The molecule has 0 unspecified atom stereocenters. The summed E-state index contributed by atoms with van der Waals surface area (Å²) >= 11 is 0. The summed E-state index contributed by atoms with van der Waals surface area (Å²) in [7, 11) is 3.11. The van der Waals surface area contributed by atoms with E-state index in [1.165, 1.54) is 6.08 Å². The van der Waals surface area contributed by atoms with E-state index in [1.54, 1.807) is 39.4 Å². The van der Waals surface area contributed by atoms with E-state index in [0.29, 0.717) is 18.0 Å². The zero-order valence-electron chi connectivity index (χ0n) is 14.0. The number of amides is 2. The first-order valence-electron chi connectivity index (χ1n) is 7.50. The maximum absolute atomic E-state index is 11.8. The van der Waals surface area contributed by atoms with Crippen molar-refractivity contribution in [3.8, 4) is 11.5 Å². The number of hydrogen-bond donors (Lipinski definition) is 2. The van der Waals surface area contributed by atoms with Gasteiger partial charge in [0, 0.05) is 12.6 Å². The van der Waals surface area contributed by atoms with Crippen molar-refractivity contribution in [1.29, 1.82) is 0 Å². The molecule has 0 aromatic heterocycles. The summed E-state index contributed by atoms with van der Waals surface area (Å²) in [5.74, 6) is 0.677.